The third-order valence-corrected chi connectivity index (χ3v) is 5.10. The van der Waals surface area contributed by atoms with Gasteiger partial charge in [0.05, 0.1) is 0 Å². The summed E-state index contributed by atoms with van der Waals surface area (Å²) in [5.74, 6) is 4.07. The van der Waals surface area contributed by atoms with Crippen molar-refractivity contribution in [2.75, 3.05) is 0 Å². The lowest BCUT2D eigenvalue weighted by atomic mass is 9.75. The largest absolute Gasteiger partial charge is 0.103 e. The molecule has 0 aromatic carbocycles. The van der Waals surface area contributed by atoms with Crippen molar-refractivity contribution in [1.29, 1.82) is 0 Å². The van der Waals surface area contributed by atoms with Crippen LogP contribution in [0.4, 0.5) is 0 Å². The number of hydrogen-bond donors (Lipinski definition) is 0. The van der Waals surface area contributed by atoms with Crippen LogP contribution in [-0.4, -0.2) is 0 Å². The van der Waals surface area contributed by atoms with Gasteiger partial charge in [-0.1, -0.05) is 32.3 Å². The van der Waals surface area contributed by atoms with Crippen molar-refractivity contribution in [3.8, 4) is 0 Å². The van der Waals surface area contributed by atoms with Gasteiger partial charge in [0.15, 0.2) is 0 Å². The van der Waals surface area contributed by atoms with E-state index >= 15 is 0 Å². The van der Waals surface area contributed by atoms with Crippen LogP contribution in [0.5, 0.6) is 0 Å². The molecule has 0 aliphatic heterocycles. The van der Waals surface area contributed by atoms with Gasteiger partial charge in [-0.2, -0.15) is 0 Å². The molecule has 0 nitrogen and oxygen atoms in total. The Morgan fingerprint density at radius 2 is 1.69 bits per heavy atom. The first-order valence-corrected chi connectivity index (χ1v) is 7.46. The quantitative estimate of drug-likeness (QED) is 0.572. The second-order valence-corrected chi connectivity index (χ2v) is 6.14. The van der Waals surface area contributed by atoms with Crippen LogP contribution in [0.25, 0.3) is 0 Å². The van der Waals surface area contributed by atoms with Gasteiger partial charge >= 0.3 is 0 Å². The molecule has 2 unspecified atom stereocenters. The van der Waals surface area contributed by atoms with Crippen molar-refractivity contribution in [3.05, 3.63) is 12.7 Å². The summed E-state index contributed by atoms with van der Waals surface area (Å²) in [6.45, 7) is 6.28. The van der Waals surface area contributed by atoms with Gasteiger partial charge < -0.3 is 0 Å². The summed E-state index contributed by atoms with van der Waals surface area (Å²) in [4.78, 5) is 0. The number of hydrogen-bond acceptors (Lipinski definition) is 0. The van der Waals surface area contributed by atoms with Gasteiger partial charge in [0, 0.05) is 0 Å². The van der Waals surface area contributed by atoms with E-state index in [2.05, 4.69) is 19.6 Å². The molecule has 2 atom stereocenters. The van der Waals surface area contributed by atoms with Crippen molar-refractivity contribution < 1.29 is 0 Å². The predicted octanol–water partition coefficient (Wildman–Crippen LogP) is 5.20. The number of allylic oxidation sites excluding steroid dienone is 1. The maximum absolute atomic E-state index is 3.94. The molecule has 0 heterocycles. The fourth-order valence-electron chi connectivity index (χ4n) is 4.06. The maximum Gasteiger partial charge on any atom is -0.0236 e. The molecular weight excluding hydrogens is 192 g/mol. The van der Waals surface area contributed by atoms with Gasteiger partial charge in [0.1, 0.15) is 0 Å². The zero-order valence-electron chi connectivity index (χ0n) is 11.0. The Bertz CT molecular complexity index is 210. The molecule has 0 spiro atoms. The van der Waals surface area contributed by atoms with E-state index in [0.717, 1.165) is 23.7 Å². The molecule has 2 aliphatic carbocycles. The van der Waals surface area contributed by atoms with E-state index in [1.165, 1.54) is 51.4 Å². The van der Waals surface area contributed by atoms with Gasteiger partial charge in [-0.05, 0) is 62.2 Å². The molecule has 2 saturated carbocycles. The van der Waals surface area contributed by atoms with Crippen molar-refractivity contribution in [3.63, 3.8) is 0 Å². The summed E-state index contributed by atoms with van der Waals surface area (Å²) < 4.78 is 0. The van der Waals surface area contributed by atoms with Crippen LogP contribution >= 0.6 is 0 Å². The smallest absolute Gasteiger partial charge is 0.0236 e. The highest BCUT2D eigenvalue weighted by Crippen LogP contribution is 2.44. The highest BCUT2D eigenvalue weighted by molar-refractivity contribution is 4.88. The highest BCUT2D eigenvalue weighted by atomic mass is 14.4. The summed E-state index contributed by atoms with van der Waals surface area (Å²) in [5, 5.41) is 0. The molecule has 0 heteroatoms. The molecule has 2 aliphatic rings. The van der Waals surface area contributed by atoms with E-state index in [9.17, 15) is 0 Å². The second-order valence-electron chi connectivity index (χ2n) is 6.14. The van der Waals surface area contributed by atoms with E-state index in [1.807, 2.05) is 0 Å². The maximum atomic E-state index is 3.94. The zero-order valence-corrected chi connectivity index (χ0v) is 11.0. The van der Waals surface area contributed by atoms with E-state index in [4.69, 9.17) is 0 Å². The van der Waals surface area contributed by atoms with Crippen LogP contribution in [0.3, 0.4) is 0 Å². The molecule has 92 valence electrons. The van der Waals surface area contributed by atoms with Crippen LogP contribution in [-0.2, 0) is 0 Å². The van der Waals surface area contributed by atoms with Crippen LogP contribution < -0.4 is 0 Å². The molecule has 16 heavy (non-hydrogen) atoms. The first-order valence-electron chi connectivity index (χ1n) is 7.46. The lowest BCUT2D eigenvalue weighted by Gasteiger charge is -2.31. The summed E-state index contributed by atoms with van der Waals surface area (Å²) in [7, 11) is 0. The van der Waals surface area contributed by atoms with Gasteiger partial charge in [-0.15, -0.1) is 6.58 Å². The van der Waals surface area contributed by atoms with E-state index in [0.29, 0.717) is 0 Å². The fourth-order valence-corrected chi connectivity index (χ4v) is 4.06. The Morgan fingerprint density at radius 3 is 2.31 bits per heavy atom. The molecule has 0 saturated heterocycles. The third kappa shape index (κ3) is 2.90. The average molecular weight is 220 g/mol. The fraction of sp³-hybridized carbons (Fsp3) is 0.875. The van der Waals surface area contributed by atoms with E-state index < -0.39 is 0 Å². The standard InChI is InChI=1S/C16H28/c1-3-5-14-8-11-16(12-14)15-9-6-13(4-2)7-10-15/h4,13-16H,2-3,5-12H2,1H3. The molecule has 0 aromatic rings. The normalized spacial score (nSPS) is 39.8. The number of rotatable bonds is 4. The summed E-state index contributed by atoms with van der Waals surface area (Å²) >= 11 is 0. The van der Waals surface area contributed by atoms with Gasteiger partial charge in [0.2, 0.25) is 0 Å². The van der Waals surface area contributed by atoms with Crippen molar-refractivity contribution in [2.24, 2.45) is 23.7 Å². The van der Waals surface area contributed by atoms with E-state index in [-0.39, 0.29) is 0 Å². The SMILES string of the molecule is C=CC1CCC(C2CCC(CCC)C2)CC1. The van der Waals surface area contributed by atoms with Gasteiger partial charge in [-0.25, -0.2) is 0 Å². The summed E-state index contributed by atoms with van der Waals surface area (Å²) in [6, 6.07) is 0. The third-order valence-electron chi connectivity index (χ3n) is 5.10. The highest BCUT2D eigenvalue weighted by Gasteiger charge is 2.32. The summed E-state index contributed by atoms with van der Waals surface area (Å²) in [6.07, 6.45) is 15.5. The van der Waals surface area contributed by atoms with E-state index in [1.54, 1.807) is 6.42 Å². The summed E-state index contributed by atoms with van der Waals surface area (Å²) in [5.41, 5.74) is 0. The zero-order chi connectivity index (χ0) is 11.4. The Balaban J connectivity index is 1.75. The molecule has 0 bridgehead atoms. The first kappa shape index (κ1) is 12.2. The van der Waals surface area contributed by atoms with Crippen LogP contribution in [0, 0.1) is 23.7 Å². The predicted molar refractivity (Wildman–Crippen MR) is 71.4 cm³/mol. The minimum Gasteiger partial charge on any atom is -0.103 e. The molecule has 0 radical (unpaired) electrons. The van der Waals surface area contributed by atoms with Gasteiger partial charge in [-0.3, -0.25) is 0 Å². The molecule has 0 N–H and O–H groups in total. The molecule has 2 fully saturated rings. The molecule has 2 rings (SSSR count). The monoisotopic (exact) mass is 220 g/mol. The Labute approximate surface area is 102 Å². The minimum absolute atomic E-state index is 0.837. The second kappa shape index (κ2) is 5.89. The van der Waals surface area contributed by atoms with Crippen molar-refractivity contribution >= 4 is 0 Å². The van der Waals surface area contributed by atoms with Crippen molar-refractivity contribution in [2.45, 2.75) is 64.7 Å². The first-order chi connectivity index (χ1) is 7.83. The molecule has 0 aromatic heterocycles. The lowest BCUT2D eigenvalue weighted by molar-refractivity contribution is 0.221. The topological polar surface area (TPSA) is 0 Å². The lowest BCUT2D eigenvalue weighted by Crippen LogP contribution is -2.19. The van der Waals surface area contributed by atoms with Crippen molar-refractivity contribution in [1.82, 2.24) is 0 Å². The average Bonchev–Trinajstić information content (AvgIpc) is 2.78. The van der Waals surface area contributed by atoms with Crippen LogP contribution in [0.15, 0.2) is 12.7 Å². The van der Waals surface area contributed by atoms with Crippen LogP contribution in [0.1, 0.15) is 64.7 Å². The van der Waals surface area contributed by atoms with Crippen LogP contribution in [0.2, 0.25) is 0 Å². The molecular formula is C16H28. The Hall–Kier alpha value is -0.260. The van der Waals surface area contributed by atoms with Gasteiger partial charge in [0.25, 0.3) is 0 Å². The Morgan fingerprint density at radius 1 is 1.00 bits per heavy atom. The minimum atomic E-state index is 0.837. The Kier molecular flexibility index (Phi) is 4.49. The molecule has 0 amide bonds.